The number of fused-ring (bicyclic) bond motifs is 1. The number of hydrogen-bond acceptors (Lipinski definition) is 6. The second-order valence-electron chi connectivity index (χ2n) is 7.25. The van der Waals surface area contributed by atoms with Crippen LogP contribution in [0, 0.1) is 6.92 Å². The van der Waals surface area contributed by atoms with Crippen molar-refractivity contribution in [3.63, 3.8) is 0 Å². The molecule has 1 N–H and O–H groups in total. The van der Waals surface area contributed by atoms with E-state index in [9.17, 15) is 4.79 Å². The predicted octanol–water partition coefficient (Wildman–Crippen LogP) is 4.90. The molecule has 0 spiro atoms. The Morgan fingerprint density at radius 3 is 2.68 bits per heavy atom. The molecule has 6 nitrogen and oxygen atoms in total. The molecule has 0 unspecified atom stereocenters. The van der Waals surface area contributed by atoms with Gasteiger partial charge in [0.1, 0.15) is 12.6 Å². The number of carbonyl (C=O) groups excluding carboxylic acids is 1. The molecule has 0 radical (unpaired) electrons. The minimum atomic E-state index is -0.423. The van der Waals surface area contributed by atoms with Crippen molar-refractivity contribution in [2.45, 2.75) is 30.8 Å². The number of aromatic nitrogens is 3. The Bertz CT molecular complexity index is 1140. The summed E-state index contributed by atoms with van der Waals surface area (Å²) in [5.41, 5.74) is 4.48. The number of benzene rings is 2. The molecule has 1 aliphatic rings. The first-order valence-corrected chi connectivity index (χ1v) is 11.0. The molecule has 4 rings (SSSR count). The molecule has 3 aromatic rings. The molecule has 1 aromatic heterocycles. The van der Waals surface area contributed by atoms with Gasteiger partial charge in [-0.15, -0.1) is 5.10 Å². The van der Waals surface area contributed by atoms with E-state index in [1.54, 1.807) is 22.5 Å². The Labute approximate surface area is 186 Å². The lowest BCUT2D eigenvalue weighted by atomic mass is 9.93. The van der Waals surface area contributed by atoms with E-state index in [-0.39, 0.29) is 6.61 Å². The zero-order valence-electron chi connectivity index (χ0n) is 17.5. The van der Waals surface area contributed by atoms with Crippen LogP contribution in [0.15, 0.2) is 83.7 Å². The zero-order chi connectivity index (χ0) is 21.8. The van der Waals surface area contributed by atoms with Crippen LogP contribution in [0.4, 0.5) is 5.95 Å². The number of nitrogens with one attached hydrogen (secondary N) is 1. The summed E-state index contributed by atoms with van der Waals surface area (Å²) in [6, 6.07) is 17.8. The fraction of sp³-hybridized carbons (Fsp3) is 0.208. The van der Waals surface area contributed by atoms with Gasteiger partial charge in [0.25, 0.3) is 0 Å². The Morgan fingerprint density at radius 2 is 1.94 bits per heavy atom. The molecule has 0 amide bonds. The first-order chi connectivity index (χ1) is 15.1. The third-order valence-corrected chi connectivity index (χ3v) is 5.99. The average Bonchev–Trinajstić information content (AvgIpc) is 3.19. The van der Waals surface area contributed by atoms with E-state index in [1.807, 2.05) is 56.3 Å². The Morgan fingerprint density at radius 1 is 1.19 bits per heavy atom. The number of esters is 1. The number of ether oxygens (including phenoxy) is 1. The maximum atomic E-state index is 13.0. The molecule has 1 aliphatic heterocycles. The standard InChI is InChI=1S/C24H24N4O2S/c1-4-14-30-22(29)20-17(3)25-23-26-24(31-15-18-11-6-5-7-12-18)27-28(23)21(20)19-13-9-8-10-16(19)2/h4-13,21H,1,14-15H2,2-3H3,(H,25,26,27)/t21-/m0/s1. The summed E-state index contributed by atoms with van der Waals surface area (Å²) in [5.74, 6) is 0.986. The van der Waals surface area contributed by atoms with Crippen LogP contribution in [0.5, 0.6) is 0 Å². The molecule has 31 heavy (non-hydrogen) atoms. The third kappa shape index (κ3) is 4.41. The van der Waals surface area contributed by atoms with Crippen LogP contribution >= 0.6 is 11.8 Å². The van der Waals surface area contributed by atoms with Gasteiger partial charge >= 0.3 is 5.97 Å². The number of thioether (sulfide) groups is 1. The second kappa shape index (κ2) is 9.22. The number of aryl methyl sites for hydroxylation is 1. The van der Waals surface area contributed by atoms with Crippen LogP contribution in [0.3, 0.4) is 0 Å². The van der Waals surface area contributed by atoms with Crippen LogP contribution in [-0.2, 0) is 15.3 Å². The van der Waals surface area contributed by atoms with E-state index in [4.69, 9.17) is 9.84 Å². The average molecular weight is 433 g/mol. The fourth-order valence-corrected chi connectivity index (χ4v) is 4.36. The second-order valence-corrected chi connectivity index (χ2v) is 8.19. The Hall–Kier alpha value is -3.32. The van der Waals surface area contributed by atoms with E-state index in [2.05, 4.69) is 29.0 Å². The number of anilines is 1. The van der Waals surface area contributed by atoms with Crippen molar-refractivity contribution in [1.29, 1.82) is 0 Å². The molecular formula is C24H24N4O2S. The molecule has 1 atom stereocenters. The van der Waals surface area contributed by atoms with Crippen LogP contribution in [0.1, 0.15) is 29.7 Å². The van der Waals surface area contributed by atoms with E-state index >= 15 is 0 Å². The van der Waals surface area contributed by atoms with Crippen LogP contribution in [0.25, 0.3) is 0 Å². The first kappa shape index (κ1) is 20.9. The summed E-state index contributed by atoms with van der Waals surface area (Å²) in [6.07, 6.45) is 1.56. The Kier molecular flexibility index (Phi) is 6.23. The van der Waals surface area contributed by atoms with E-state index in [0.717, 1.165) is 16.9 Å². The summed E-state index contributed by atoms with van der Waals surface area (Å²) in [6.45, 7) is 7.68. The highest BCUT2D eigenvalue weighted by Crippen LogP contribution is 2.38. The van der Waals surface area contributed by atoms with Gasteiger partial charge in [-0.1, -0.05) is 79.0 Å². The molecular weight excluding hydrogens is 408 g/mol. The van der Waals surface area contributed by atoms with E-state index in [1.165, 1.54) is 5.56 Å². The van der Waals surface area contributed by atoms with Gasteiger partial charge in [0.15, 0.2) is 0 Å². The van der Waals surface area contributed by atoms with Gasteiger partial charge in [0.05, 0.1) is 5.57 Å². The highest BCUT2D eigenvalue weighted by molar-refractivity contribution is 7.98. The lowest BCUT2D eigenvalue weighted by Crippen LogP contribution is -2.30. The van der Waals surface area contributed by atoms with Crippen LogP contribution in [0.2, 0.25) is 0 Å². The highest BCUT2D eigenvalue weighted by atomic mass is 32.2. The van der Waals surface area contributed by atoms with Gasteiger partial charge in [-0.2, -0.15) is 4.98 Å². The van der Waals surface area contributed by atoms with Crippen molar-refractivity contribution in [2.75, 3.05) is 11.9 Å². The van der Waals surface area contributed by atoms with Crippen LogP contribution in [-0.4, -0.2) is 27.3 Å². The Balaban J connectivity index is 1.71. The number of hydrogen-bond donors (Lipinski definition) is 1. The smallest absolute Gasteiger partial charge is 0.338 e. The SMILES string of the molecule is C=CCOC(=O)C1=C(C)Nc2nc(SCc3ccccc3)nn2[C@H]1c1ccccc1C. The zero-order valence-corrected chi connectivity index (χ0v) is 18.4. The predicted molar refractivity (Wildman–Crippen MR) is 123 cm³/mol. The van der Waals surface area contributed by atoms with Gasteiger partial charge in [-0.05, 0) is 30.5 Å². The maximum absolute atomic E-state index is 13.0. The summed E-state index contributed by atoms with van der Waals surface area (Å²) in [7, 11) is 0. The quantitative estimate of drug-likeness (QED) is 0.325. The van der Waals surface area contributed by atoms with Gasteiger partial charge in [-0.3, -0.25) is 0 Å². The molecule has 0 fully saturated rings. The monoisotopic (exact) mass is 432 g/mol. The largest absolute Gasteiger partial charge is 0.458 e. The van der Waals surface area contributed by atoms with E-state index in [0.29, 0.717) is 22.4 Å². The highest BCUT2D eigenvalue weighted by Gasteiger charge is 2.35. The van der Waals surface area contributed by atoms with E-state index < -0.39 is 12.0 Å². The minimum Gasteiger partial charge on any atom is -0.458 e. The number of nitrogens with zero attached hydrogens (tertiary/aromatic N) is 3. The van der Waals surface area contributed by atoms with Gasteiger partial charge in [0, 0.05) is 11.4 Å². The molecule has 0 aliphatic carbocycles. The third-order valence-electron chi connectivity index (χ3n) is 5.08. The lowest BCUT2D eigenvalue weighted by molar-refractivity contribution is -0.138. The number of allylic oxidation sites excluding steroid dienone is 1. The molecule has 2 heterocycles. The van der Waals surface area contributed by atoms with Gasteiger partial charge in [0.2, 0.25) is 11.1 Å². The van der Waals surface area contributed by atoms with Gasteiger partial charge in [-0.25, -0.2) is 9.48 Å². The fourth-order valence-electron chi connectivity index (χ4n) is 3.57. The lowest BCUT2D eigenvalue weighted by Gasteiger charge is -2.29. The van der Waals surface area contributed by atoms with Crippen molar-refractivity contribution < 1.29 is 9.53 Å². The number of carbonyl (C=O) groups is 1. The van der Waals surface area contributed by atoms with Crippen molar-refractivity contribution >= 4 is 23.7 Å². The van der Waals surface area contributed by atoms with Crippen molar-refractivity contribution in [3.8, 4) is 0 Å². The van der Waals surface area contributed by atoms with Crippen molar-refractivity contribution in [1.82, 2.24) is 14.8 Å². The number of rotatable bonds is 7. The normalized spacial score (nSPS) is 15.2. The summed E-state index contributed by atoms with van der Waals surface area (Å²) < 4.78 is 7.18. The topological polar surface area (TPSA) is 69.0 Å². The summed E-state index contributed by atoms with van der Waals surface area (Å²) in [5, 5.41) is 8.64. The molecule has 7 heteroatoms. The molecule has 158 valence electrons. The molecule has 0 saturated heterocycles. The molecule has 0 saturated carbocycles. The minimum absolute atomic E-state index is 0.151. The summed E-state index contributed by atoms with van der Waals surface area (Å²) >= 11 is 1.56. The van der Waals surface area contributed by atoms with Crippen molar-refractivity contribution in [2.24, 2.45) is 0 Å². The molecule has 2 aromatic carbocycles. The van der Waals surface area contributed by atoms with Crippen molar-refractivity contribution in [3.05, 3.63) is 95.2 Å². The molecule has 0 bridgehead atoms. The maximum Gasteiger partial charge on any atom is 0.338 e. The van der Waals surface area contributed by atoms with Crippen LogP contribution < -0.4 is 5.32 Å². The first-order valence-electron chi connectivity index (χ1n) is 10.0. The van der Waals surface area contributed by atoms with Gasteiger partial charge < -0.3 is 10.1 Å². The summed E-state index contributed by atoms with van der Waals surface area (Å²) in [4.78, 5) is 17.6.